The number of benzene rings is 1. The number of nitrogens with one attached hydrogen (secondary N) is 1. The number of hydrogen-bond donors (Lipinski definition) is 1. The van der Waals surface area contributed by atoms with Crippen molar-refractivity contribution in [3.05, 3.63) is 28.7 Å². The van der Waals surface area contributed by atoms with E-state index in [9.17, 15) is 8.42 Å². The minimum absolute atomic E-state index is 0.272. The van der Waals surface area contributed by atoms with Crippen molar-refractivity contribution in [3.8, 4) is 0 Å². The number of hydrogen-bond acceptors (Lipinski definition) is 2. The summed E-state index contributed by atoms with van der Waals surface area (Å²) < 4.78 is 28.2. The van der Waals surface area contributed by atoms with Gasteiger partial charge in [-0.05, 0) is 31.0 Å². The average molecular weight is 353 g/mol. The highest BCUT2D eigenvalue weighted by Crippen LogP contribution is 2.32. The fourth-order valence-electron chi connectivity index (χ4n) is 2.29. The standard InChI is InChI=1S/C12H15BrClNO2S/c13-10-4-3-5-11(8-10)18(16,17)15-12(9-14)6-1-2-7-12/h3-5,8,15H,1-2,6-7,9H2. The zero-order valence-electron chi connectivity index (χ0n) is 9.83. The lowest BCUT2D eigenvalue weighted by atomic mass is 10.0. The molecular formula is C12H15BrClNO2S. The molecule has 2 rings (SSSR count). The Kier molecular flexibility index (Phi) is 4.36. The number of alkyl halides is 1. The second-order valence-corrected chi connectivity index (χ2v) is 7.55. The van der Waals surface area contributed by atoms with Crippen LogP contribution in [0.2, 0.25) is 0 Å². The molecule has 100 valence electrons. The molecule has 1 aromatic rings. The highest BCUT2D eigenvalue weighted by atomic mass is 79.9. The predicted molar refractivity (Wildman–Crippen MR) is 76.4 cm³/mol. The maximum atomic E-state index is 12.3. The van der Waals surface area contributed by atoms with Gasteiger partial charge in [0.25, 0.3) is 0 Å². The van der Waals surface area contributed by atoms with Crippen molar-refractivity contribution in [2.75, 3.05) is 5.88 Å². The van der Waals surface area contributed by atoms with Crippen LogP contribution in [0, 0.1) is 0 Å². The summed E-state index contributed by atoms with van der Waals surface area (Å²) in [5.41, 5.74) is -0.470. The van der Waals surface area contributed by atoms with Crippen LogP contribution >= 0.6 is 27.5 Å². The van der Waals surface area contributed by atoms with E-state index in [4.69, 9.17) is 11.6 Å². The lowest BCUT2D eigenvalue weighted by Gasteiger charge is -2.27. The van der Waals surface area contributed by atoms with Crippen molar-refractivity contribution >= 4 is 37.6 Å². The summed E-state index contributed by atoms with van der Waals surface area (Å²) in [6, 6.07) is 6.69. The number of sulfonamides is 1. The fraction of sp³-hybridized carbons (Fsp3) is 0.500. The number of rotatable bonds is 4. The Morgan fingerprint density at radius 1 is 1.33 bits per heavy atom. The van der Waals surface area contributed by atoms with Gasteiger partial charge in [0.15, 0.2) is 0 Å². The molecule has 0 heterocycles. The van der Waals surface area contributed by atoms with Crippen LogP contribution in [0.3, 0.4) is 0 Å². The largest absolute Gasteiger partial charge is 0.241 e. The summed E-state index contributed by atoms with van der Waals surface area (Å²) in [6.07, 6.45) is 3.66. The first-order chi connectivity index (χ1) is 8.47. The molecule has 0 aromatic heterocycles. The van der Waals surface area contributed by atoms with Crippen LogP contribution in [0.15, 0.2) is 33.6 Å². The van der Waals surface area contributed by atoms with Crippen LogP contribution in [0.1, 0.15) is 25.7 Å². The van der Waals surface area contributed by atoms with E-state index >= 15 is 0 Å². The van der Waals surface area contributed by atoms with Crippen molar-refractivity contribution in [3.63, 3.8) is 0 Å². The van der Waals surface area contributed by atoms with E-state index < -0.39 is 15.6 Å². The first kappa shape index (κ1) is 14.3. The van der Waals surface area contributed by atoms with Gasteiger partial charge >= 0.3 is 0 Å². The molecule has 6 heteroatoms. The molecule has 0 aliphatic heterocycles. The van der Waals surface area contributed by atoms with Gasteiger partial charge in [-0.2, -0.15) is 0 Å². The van der Waals surface area contributed by atoms with Gasteiger partial charge in [-0.1, -0.05) is 34.8 Å². The average Bonchev–Trinajstić information content (AvgIpc) is 2.77. The molecule has 0 amide bonds. The van der Waals surface area contributed by atoms with E-state index in [2.05, 4.69) is 20.7 Å². The Morgan fingerprint density at radius 2 is 2.00 bits per heavy atom. The van der Waals surface area contributed by atoms with E-state index in [0.717, 1.165) is 30.2 Å². The van der Waals surface area contributed by atoms with Gasteiger partial charge in [0.05, 0.1) is 4.90 Å². The van der Waals surface area contributed by atoms with E-state index in [0.29, 0.717) is 5.88 Å². The second-order valence-electron chi connectivity index (χ2n) is 4.68. The third-order valence-corrected chi connectivity index (χ3v) is 5.85. The summed E-state index contributed by atoms with van der Waals surface area (Å²) in [4.78, 5) is 0.272. The van der Waals surface area contributed by atoms with E-state index in [1.807, 2.05) is 0 Å². The molecule has 0 spiro atoms. The molecule has 1 fully saturated rings. The lowest BCUT2D eigenvalue weighted by molar-refractivity contribution is 0.433. The topological polar surface area (TPSA) is 46.2 Å². The van der Waals surface area contributed by atoms with Gasteiger partial charge in [-0.15, -0.1) is 11.6 Å². The summed E-state index contributed by atoms with van der Waals surface area (Å²) in [6.45, 7) is 0. The van der Waals surface area contributed by atoms with Crippen LogP contribution in [0.25, 0.3) is 0 Å². The summed E-state index contributed by atoms with van der Waals surface area (Å²) in [5.74, 6) is 0.320. The van der Waals surface area contributed by atoms with Crippen LogP contribution in [-0.2, 0) is 10.0 Å². The first-order valence-electron chi connectivity index (χ1n) is 5.83. The Labute approximate surface area is 121 Å². The van der Waals surface area contributed by atoms with E-state index in [-0.39, 0.29) is 4.90 Å². The van der Waals surface area contributed by atoms with Gasteiger partial charge in [0.2, 0.25) is 10.0 Å². The highest BCUT2D eigenvalue weighted by molar-refractivity contribution is 9.10. The summed E-state index contributed by atoms with van der Waals surface area (Å²) in [5, 5.41) is 0. The minimum Gasteiger partial charge on any atom is -0.207 e. The highest BCUT2D eigenvalue weighted by Gasteiger charge is 2.37. The van der Waals surface area contributed by atoms with Gasteiger partial charge < -0.3 is 0 Å². The maximum Gasteiger partial charge on any atom is 0.241 e. The van der Waals surface area contributed by atoms with E-state index in [1.54, 1.807) is 24.3 Å². The van der Waals surface area contributed by atoms with Crippen LogP contribution in [0.4, 0.5) is 0 Å². The third kappa shape index (κ3) is 3.07. The Bertz CT molecular complexity index is 527. The molecule has 0 saturated heterocycles. The first-order valence-corrected chi connectivity index (χ1v) is 8.64. The van der Waals surface area contributed by atoms with Crippen molar-refractivity contribution in [1.29, 1.82) is 0 Å². The number of halogens is 2. The molecule has 3 nitrogen and oxygen atoms in total. The molecule has 1 aliphatic carbocycles. The minimum atomic E-state index is -3.50. The molecule has 0 radical (unpaired) electrons. The normalized spacial score (nSPS) is 19.0. The molecular weight excluding hydrogens is 338 g/mol. The molecule has 1 N–H and O–H groups in total. The molecule has 18 heavy (non-hydrogen) atoms. The van der Waals surface area contributed by atoms with Crippen LogP contribution in [0.5, 0.6) is 0 Å². The lowest BCUT2D eigenvalue weighted by Crippen LogP contribution is -2.47. The molecule has 0 bridgehead atoms. The molecule has 0 unspecified atom stereocenters. The fourth-order valence-corrected chi connectivity index (χ4v) is 4.76. The predicted octanol–water partition coefficient (Wildman–Crippen LogP) is 3.28. The molecule has 1 aliphatic rings. The van der Waals surface area contributed by atoms with Gasteiger partial charge in [0, 0.05) is 15.9 Å². The Hall–Kier alpha value is -0.100. The van der Waals surface area contributed by atoms with Crippen molar-refractivity contribution in [2.45, 2.75) is 36.1 Å². The molecule has 1 saturated carbocycles. The van der Waals surface area contributed by atoms with Crippen molar-refractivity contribution in [1.82, 2.24) is 4.72 Å². The zero-order valence-corrected chi connectivity index (χ0v) is 13.0. The molecule has 0 atom stereocenters. The Balaban J connectivity index is 2.27. The van der Waals surface area contributed by atoms with E-state index in [1.165, 1.54) is 0 Å². The van der Waals surface area contributed by atoms with Gasteiger partial charge in [-0.3, -0.25) is 0 Å². The van der Waals surface area contributed by atoms with Crippen LogP contribution < -0.4 is 4.72 Å². The monoisotopic (exact) mass is 351 g/mol. The zero-order chi connectivity index (χ0) is 13.2. The quantitative estimate of drug-likeness (QED) is 0.845. The molecule has 1 aromatic carbocycles. The second kappa shape index (κ2) is 5.49. The van der Waals surface area contributed by atoms with Crippen LogP contribution in [-0.4, -0.2) is 19.8 Å². The smallest absolute Gasteiger partial charge is 0.207 e. The van der Waals surface area contributed by atoms with Crippen molar-refractivity contribution in [2.24, 2.45) is 0 Å². The van der Waals surface area contributed by atoms with Crippen molar-refractivity contribution < 1.29 is 8.42 Å². The summed E-state index contributed by atoms with van der Waals surface area (Å²) >= 11 is 9.23. The third-order valence-electron chi connectivity index (χ3n) is 3.27. The SMILES string of the molecule is O=S(=O)(NC1(CCl)CCCC1)c1cccc(Br)c1. The van der Waals surface area contributed by atoms with Gasteiger partial charge in [-0.25, -0.2) is 13.1 Å². The summed E-state index contributed by atoms with van der Waals surface area (Å²) in [7, 11) is -3.50. The Morgan fingerprint density at radius 3 is 2.56 bits per heavy atom. The van der Waals surface area contributed by atoms with Gasteiger partial charge in [0.1, 0.15) is 0 Å². The maximum absolute atomic E-state index is 12.3.